The van der Waals surface area contributed by atoms with Crippen molar-refractivity contribution in [2.45, 2.75) is 52.5 Å². The molecule has 44 heavy (non-hydrogen) atoms. The van der Waals surface area contributed by atoms with Crippen molar-refractivity contribution in [1.29, 1.82) is 5.26 Å². The number of nitrogens with one attached hydrogen (secondary N) is 2. The number of aromatic amines is 1. The van der Waals surface area contributed by atoms with E-state index in [9.17, 15) is 14.0 Å². The number of H-pyrrole nitrogens is 1. The van der Waals surface area contributed by atoms with Gasteiger partial charge in [-0.25, -0.2) is 23.7 Å². The summed E-state index contributed by atoms with van der Waals surface area (Å²) in [6, 6.07) is 7.50. The van der Waals surface area contributed by atoms with Crippen LogP contribution >= 0.6 is 0 Å². The van der Waals surface area contributed by atoms with Crippen LogP contribution in [0.25, 0.3) is 5.57 Å². The van der Waals surface area contributed by atoms with Gasteiger partial charge in [-0.2, -0.15) is 10.4 Å². The van der Waals surface area contributed by atoms with E-state index in [1.165, 1.54) is 6.33 Å². The van der Waals surface area contributed by atoms with Gasteiger partial charge in [0.2, 0.25) is 0 Å². The normalized spacial score (nSPS) is 15.3. The van der Waals surface area contributed by atoms with Crippen LogP contribution < -0.4 is 10.2 Å². The lowest BCUT2D eigenvalue weighted by atomic mass is 9.87. The second kappa shape index (κ2) is 13.6. The molecule has 0 aliphatic carbocycles. The number of hydrogen-bond acceptors (Lipinski definition) is 7. The number of benzene rings is 1. The predicted molar refractivity (Wildman–Crippen MR) is 169 cm³/mol. The van der Waals surface area contributed by atoms with Gasteiger partial charge in [-0.3, -0.25) is 4.68 Å². The number of hydrogen-bond donors (Lipinski definition) is 2. The predicted octanol–water partition coefficient (Wildman–Crippen LogP) is 7.51. The lowest BCUT2D eigenvalue weighted by Gasteiger charge is -2.36. The van der Waals surface area contributed by atoms with E-state index >= 15 is 0 Å². The number of nitrogens with zero attached hydrogens (tertiary/aromatic N) is 7. The maximum Gasteiger partial charge on any atom is 0.146 e. The zero-order chi connectivity index (χ0) is 31.2. The smallest absolute Gasteiger partial charge is 0.146 e. The highest BCUT2D eigenvalue weighted by atomic mass is 19.1. The summed E-state index contributed by atoms with van der Waals surface area (Å²) >= 11 is 0. The molecule has 0 radical (unpaired) electrons. The van der Waals surface area contributed by atoms with Crippen molar-refractivity contribution in [2.75, 3.05) is 23.3 Å². The van der Waals surface area contributed by atoms with E-state index in [-0.39, 0.29) is 17.6 Å². The van der Waals surface area contributed by atoms with E-state index in [0.717, 1.165) is 84.5 Å². The molecule has 1 fully saturated rings. The molecule has 2 unspecified atom stereocenters. The highest BCUT2D eigenvalue weighted by molar-refractivity contribution is 5.83. The van der Waals surface area contributed by atoms with Crippen LogP contribution in [0.3, 0.4) is 0 Å². The molecule has 228 valence electrons. The van der Waals surface area contributed by atoms with Gasteiger partial charge in [0.25, 0.3) is 0 Å². The Morgan fingerprint density at radius 1 is 1.27 bits per heavy atom. The summed E-state index contributed by atoms with van der Waals surface area (Å²) < 4.78 is 29.9. The summed E-state index contributed by atoms with van der Waals surface area (Å²) in [5.74, 6) is 1.43. The lowest BCUT2D eigenvalue weighted by molar-refractivity contribution is 0.260. The van der Waals surface area contributed by atoms with E-state index < -0.39 is 11.6 Å². The van der Waals surface area contributed by atoms with Crippen LogP contribution in [0.1, 0.15) is 62.3 Å². The monoisotopic (exact) mass is 597 g/mol. The fourth-order valence-electron chi connectivity index (χ4n) is 5.52. The van der Waals surface area contributed by atoms with Crippen molar-refractivity contribution in [3.05, 3.63) is 84.1 Å². The van der Waals surface area contributed by atoms with Gasteiger partial charge in [-0.05, 0) is 61.8 Å². The summed E-state index contributed by atoms with van der Waals surface area (Å²) in [6.45, 7) is 11.9. The van der Waals surface area contributed by atoms with Gasteiger partial charge < -0.3 is 15.2 Å². The van der Waals surface area contributed by atoms with Crippen molar-refractivity contribution >= 4 is 34.9 Å². The van der Waals surface area contributed by atoms with Gasteiger partial charge in [0, 0.05) is 54.5 Å². The number of nitriles is 1. The van der Waals surface area contributed by atoms with Gasteiger partial charge >= 0.3 is 0 Å². The first-order chi connectivity index (χ1) is 21.3. The van der Waals surface area contributed by atoms with E-state index in [4.69, 9.17) is 0 Å². The van der Waals surface area contributed by atoms with Crippen LogP contribution in [0, 0.1) is 41.7 Å². The van der Waals surface area contributed by atoms with Crippen LogP contribution in [0.15, 0.2) is 60.8 Å². The van der Waals surface area contributed by atoms with E-state index in [1.807, 2.05) is 36.3 Å². The zero-order valence-corrected chi connectivity index (χ0v) is 25.3. The third-order valence-electron chi connectivity index (χ3n) is 8.36. The molecule has 0 amide bonds. The molecule has 1 aliphatic rings. The Balaban J connectivity index is 1.27. The zero-order valence-electron chi connectivity index (χ0n) is 25.3. The van der Waals surface area contributed by atoms with Crippen molar-refractivity contribution in [3.8, 4) is 6.07 Å². The standard InChI is InChI=1S/C33H37F2N9/c1-5-21(2)17-38-32-27(9-13-37-32)22(3)25-18-41-44(19-25)30(8-12-36)24-10-14-43(15-11-24)33-23(4)31(39-20-40-33)42-29-16-26(34)6-7-28(29)35/h6-7,9,13,16-21,24,30,37H,3,5,8,10-11,14-15H2,1-2,4H3,(H,39,40,42). The molecule has 9 nitrogen and oxygen atoms in total. The van der Waals surface area contributed by atoms with Crippen molar-refractivity contribution in [1.82, 2.24) is 24.7 Å². The van der Waals surface area contributed by atoms with E-state index in [2.05, 4.69) is 61.8 Å². The van der Waals surface area contributed by atoms with Gasteiger partial charge in [0.05, 0.1) is 30.4 Å². The summed E-state index contributed by atoms with van der Waals surface area (Å²) in [6.07, 6.45) is 12.0. The maximum atomic E-state index is 14.2. The molecule has 0 bridgehead atoms. The first kappa shape index (κ1) is 30.6. The van der Waals surface area contributed by atoms with Gasteiger partial charge in [0.15, 0.2) is 0 Å². The third-order valence-corrected chi connectivity index (χ3v) is 8.36. The molecular formula is C33H37F2N9. The molecule has 4 heterocycles. The van der Waals surface area contributed by atoms with Crippen LogP contribution in [0.2, 0.25) is 0 Å². The molecule has 5 rings (SSSR count). The molecular weight excluding hydrogens is 560 g/mol. The third kappa shape index (κ3) is 6.70. The Bertz CT molecular complexity index is 1670. The first-order valence-electron chi connectivity index (χ1n) is 14.9. The second-order valence-corrected chi connectivity index (χ2v) is 11.3. The number of aliphatic imine (C=N–C) groups is 1. The number of rotatable bonds is 11. The Morgan fingerprint density at radius 2 is 2.07 bits per heavy atom. The minimum absolute atomic E-state index is 0.0172. The molecule has 2 N–H and O–H groups in total. The number of aromatic nitrogens is 5. The largest absolute Gasteiger partial charge is 0.356 e. The summed E-state index contributed by atoms with van der Waals surface area (Å²) in [4.78, 5) is 18.8. The molecule has 0 saturated carbocycles. The topological polar surface area (TPSA) is 111 Å². The summed E-state index contributed by atoms with van der Waals surface area (Å²) in [5, 5.41) is 17.3. The summed E-state index contributed by atoms with van der Waals surface area (Å²) in [7, 11) is 0. The number of anilines is 3. The first-order valence-corrected chi connectivity index (χ1v) is 14.9. The SMILES string of the molecule is C=C(c1cnn(C(CC#N)C2CCN(c3ncnc(Nc4cc(F)ccc4F)c3C)CC2)c1)c1cc[nH]c1N=CC(C)CC. The van der Waals surface area contributed by atoms with Crippen LogP contribution in [-0.2, 0) is 0 Å². The average molecular weight is 598 g/mol. The van der Waals surface area contributed by atoms with Crippen LogP contribution in [-0.4, -0.2) is 44.0 Å². The lowest BCUT2D eigenvalue weighted by Crippen LogP contribution is -2.37. The summed E-state index contributed by atoms with van der Waals surface area (Å²) in [5.41, 5.74) is 3.39. The molecule has 2 atom stereocenters. The molecule has 11 heteroatoms. The van der Waals surface area contributed by atoms with E-state index in [1.54, 1.807) is 6.20 Å². The Morgan fingerprint density at radius 3 is 2.82 bits per heavy atom. The Hall–Kier alpha value is -4.85. The molecule has 1 aliphatic heterocycles. The Labute approximate surface area is 256 Å². The van der Waals surface area contributed by atoms with Gasteiger partial charge in [-0.15, -0.1) is 0 Å². The Kier molecular flexibility index (Phi) is 9.48. The maximum absolute atomic E-state index is 14.2. The van der Waals surface area contributed by atoms with Gasteiger partial charge in [0.1, 0.15) is 35.4 Å². The van der Waals surface area contributed by atoms with Gasteiger partial charge in [-0.1, -0.05) is 20.4 Å². The van der Waals surface area contributed by atoms with Crippen LogP contribution in [0.4, 0.5) is 31.9 Å². The fraction of sp³-hybridized carbons (Fsp3) is 0.364. The minimum Gasteiger partial charge on any atom is -0.356 e. The molecule has 1 aromatic carbocycles. The minimum atomic E-state index is -0.565. The highest BCUT2D eigenvalue weighted by Gasteiger charge is 2.30. The quantitative estimate of drug-likeness (QED) is 0.173. The van der Waals surface area contributed by atoms with Crippen molar-refractivity contribution in [2.24, 2.45) is 16.8 Å². The van der Waals surface area contributed by atoms with E-state index in [0.29, 0.717) is 18.2 Å². The second-order valence-electron chi connectivity index (χ2n) is 11.3. The fourth-order valence-corrected chi connectivity index (χ4v) is 5.52. The van der Waals surface area contributed by atoms with Crippen molar-refractivity contribution < 1.29 is 8.78 Å². The highest BCUT2D eigenvalue weighted by Crippen LogP contribution is 2.36. The molecule has 3 aromatic heterocycles. The number of halogens is 2. The molecule has 1 saturated heterocycles. The van der Waals surface area contributed by atoms with Crippen LogP contribution in [0.5, 0.6) is 0 Å². The van der Waals surface area contributed by atoms with Crippen molar-refractivity contribution in [3.63, 3.8) is 0 Å². The molecule has 0 spiro atoms. The average Bonchev–Trinajstić information content (AvgIpc) is 3.72. The number of piperidine rings is 1. The molecule has 4 aromatic rings.